The number of hydrogen-bond acceptors (Lipinski definition) is 1. The lowest BCUT2D eigenvalue weighted by molar-refractivity contribution is 1.42. The second-order valence-electron chi connectivity index (χ2n) is 2.05. The molecule has 0 saturated heterocycles. The van der Waals surface area contributed by atoms with Crippen LogP contribution in [0.4, 0.5) is 5.69 Å². The molecule has 0 atom stereocenters. The van der Waals surface area contributed by atoms with Crippen molar-refractivity contribution in [2.24, 2.45) is 0 Å². The Balaban J connectivity index is 3.25. The summed E-state index contributed by atoms with van der Waals surface area (Å²) in [4.78, 5) is 3.08. The van der Waals surface area contributed by atoms with E-state index in [2.05, 4.69) is 20.9 Å². The van der Waals surface area contributed by atoms with E-state index >= 15 is 0 Å². The van der Waals surface area contributed by atoms with E-state index in [1.165, 1.54) is 0 Å². The summed E-state index contributed by atoms with van der Waals surface area (Å²) in [6.45, 7) is 1.95. The summed E-state index contributed by atoms with van der Waals surface area (Å²) in [7, 11) is 0. The Morgan fingerprint density at radius 2 is 2.20 bits per heavy atom. The van der Waals surface area contributed by atoms with Gasteiger partial charge in [-0.15, -0.1) is 0 Å². The molecule has 3 heteroatoms. The number of halogens is 1. The van der Waals surface area contributed by atoms with Crippen molar-refractivity contribution in [3.63, 3.8) is 0 Å². The van der Waals surface area contributed by atoms with Gasteiger partial charge in [0.15, 0.2) is 4.98 Å². The van der Waals surface area contributed by atoms with Gasteiger partial charge < -0.3 is 0 Å². The third-order valence-electron chi connectivity index (χ3n) is 1.21. The molecule has 0 fully saturated rings. The van der Waals surface area contributed by atoms with Crippen LogP contribution in [-0.2, 0) is 0 Å². The van der Waals surface area contributed by atoms with Gasteiger partial charge in [-0.2, -0.15) is 0 Å². The van der Waals surface area contributed by atoms with Gasteiger partial charge in [0, 0.05) is 6.07 Å². The second-order valence-corrected chi connectivity index (χ2v) is 2.91. The fourth-order valence-electron chi connectivity index (χ4n) is 0.699. The zero-order valence-electron chi connectivity index (χ0n) is 5.50. The smallest absolute Gasteiger partial charge is 0.0576 e. The van der Waals surface area contributed by atoms with Gasteiger partial charge in [-0.3, -0.25) is 0 Å². The molecule has 2 nitrogen and oxygen atoms in total. The normalized spacial score (nSPS) is 8.90. The fraction of sp³-hybridized carbons (Fsp3) is 0.143. The first-order valence-corrected chi connectivity index (χ1v) is 3.64. The number of hydrogen-bond donors (Lipinski definition) is 0. The molecule has 0 heterocycles. The minimum atomic E-state index is 0.569. The van der Waals surface area contributed by atoms with Crippen molar-refractivity contribution in [3.8, 4) is 0 Å². The largest absolute Gasteiger partial charge is 0.399 e. The van der Waals surface area contributed by atoms with Crippen molar-refractivity contribution >= 4 is 21.6 Å². The molecule has 1 rings (SSSR count). The SMILES string of the molecule is Cc1ccc(Br)c([N+]#N)c1. The minimum Gasteiger partial charge on any atom is -0.0576 e. The maximum atomic E-state index is 8.44. The Morgan fingerprint density at radius 3 is 2.70 bits per heavy atom. The Kier molecular flexibility index (Phi) is 2.03. The number of benzene rings is 1. The molecule has 50 valence electrons. The van der Waals surface area contributed by atoms with Gasteiger partial charge in [0.05, 0.1) is 0 Å². The number of nitrogens with zero attached hydrogens (tertiary/aromatic N) is 2. The molecule has 0 aliphatic rings. The average Bonchev–Trinajstić information content (AvgIpc) is 1.94. The Bertz CT molecular complexity index is 288. The topological polar surface area (TPSA) is 28.1 Å². The van der Waals surface area contributed by atoms with Crippen LogP contribution in [0.3, 0.4) is 0 Å². The van der Waals surface area contributed by atoms with Crippen molar-refractivity contribution in [3.05, 3.63) is 33.2 Å². The maximum Gasteiger partial charge on any atom is 0.399 e. The molecular weight excluding hydrogens is 192 g/mol. The Hall–Kier alpha value is -0.880. The predicted molar refractivity (Wildman–Crippen MR) is 43.6 cm³/mol. The van der Waals surface area contributed by atoms with Crippen molar-refractivity contribution in [2.75, 3.05) is 0 Å². The van der Waals surface area contributed by atoms with E-state index in [0.717, 1.165) is 10.0 Å². The number of aryl methyl sites for hydroxylation is 1. The molecule has 1 aromatic rings. The van der Waals surface area contributed by atoms with E-state index in [1.54, 1.807) is 6.07 Å². The molecule has 10 heavy (non-hydrogen) atoms. The second kappa shape index (κ2) is 2.80. The summed E-state index contributed by atoms with van der Waals surface area (Å²) >= 11 is 3.24. The highest BCUT2D eigenvalue weighted by Crippen LogP contribution is 2.25. The summed E-state index contributed by atoms with van der Waals surface area (Å²) < 4.78 is 0.806. The lowest BCUT2D eigenvalue weighted by Crippen LogP contribution is -1.70. The summed E-state index contributed by atoms with van der Waals surface area (Å²) in [6, 6.07) is 5.59. The van der Waals surface area contributed by atoms with E-state index in [1.807, 2.05) is 19.1 Å². The quantitative estimate of drug-likeness (QED) is 0.588. The third kappa shape index (κ3) is 1.34. The van der Waals surface area contributed by atoms with Gasteiger partial charge in [-0.1, -0.05) is 6.07 Å². The molecular formula is C7H6BrN2+. The number of diazo groups is 1. The van der Waals surface area contributed by atoms with E-state index in [4.69, 9.17) is 5.39 Å². The molecule has 0 amide bonds. The van der Waals surface area contributed by atoms with Crippen LogP contribution in [0.1, 0.15) is 5.56 Å². The highest BCUT2D eigenvalue weighted by Gasteiger charge is 2.09. The molecule has 0 aliphatic carbocycles. The van der Waals surface area contributed by atoms with Crippen molar-refractivity contribution in [1.82, 2.24) is 0 Å². The molecule has 0 N–H and O–H groups in total. The zero-order chi connectivity index (χ0) is 7.56. The van der Waals surface area contributed by atoms with Crippen molar-refractivity contribution < 1.29 is 0 Å². The molecule has 1 aromatic carbocycles. The van der Waals surface area contributed by atoms with Gasteiger partial charge in [0.25, 0.3) is 0 Å². The van der Waals surface area contributed by atoms with E-state index in [-0.39, 0.29) is 0 Å². The van der Waals surface area contributed by atoms with Crippen LogP contribution in [0.2, 0.25) is 0 Å². The van der Waals surface area contributed by atoms with E-state index in [9.17, 15) is 0 Å². The van der Waals surface area contributed by atoms with Gasteiger partial charge >= 0.3 is 5.69 Å². The molecule has 0 unspecified atom stereocenters. The standard InChI is InChI=1S/C7H6BrN2/c1-5-2-3-6(8)7(4-5)10-9/h2-4H,1H3/q+1. The maximum absolute atomic E-state index is 8.44. The summed E-state index contributed by atoms with van der Waals surface area (Å²) in [5.41, 5.74) is 1.65. The monoisotopic (exact) mass is 197 g/mol. The first-order valence-electron chi connectivity index (χ1n) is 2.85. The van der Waals surface area contributed by atoms with Crippen LogP contribution in [0.5, 0.6) is 0 Å². The predicted octanol–water partition coefficient (Wildman–Crippen LogP) is 3.24. The highest BCUT2D eigenvalue weighted by atomic mass is 79.9. The van der Waals surface area contributed by atoms with E-state index < -0.39 is 0 Å². The van der Waals surface area contributed by atoms with Crippen LogP contribution in [0, 0.1) is 12.3 Å². The summed E-state index contributed by atoms with van der Waals surface area (Å²) in [6.07, 6.45) is 0. The lowest BCUT2D eigenvalue weighted by atomic mass is 10.2. The van der Waals surface area contributed by atoms with Crippen LogP contribution in [0.15, 0.2) is 22.7 Å². The molecule has 0 aromatic heterocycles. The van der Waals surface area contributed by atoms with Gasteiger partial charge in [-0.25, -0.2) is 0 Å². The lowest BCUT2D eigenvalue weighted by Gasteiger charge is -1.86. The summed E-state index contributed by atoms with van der Waals surface area (Å²) in [5, 5.41) is 8.44. The average molecular weight is 198 g/mol. The minimum absolute atomic E-state index is 0.569. The Labute approximate surface area is 67.6 Å². The van der Waals surface area contributed by atoms with Crippen molar-refractivity contribution in [1.29, 1.82) is 5.39 Å². The van der Waals surface area contributed by atoms with Crippen molar-refractivity contribution in [2.45, 2.75) is 6.92 Å². The van der Waals surface area contributed by atoms with Crippen LogP contribution in [0.25, 0.3) is 4.98 Å². The zero-order valence-corrected chi connectivity index (χ0v) is 7.09. The first-order chi connectivity index (χ1) is 4.74. The van der Waals surface area contributed by atoms with Crippen LogP contribution in [-0.4, -0.2) is 0 Å². The summed E-state index contributed by atoms with van der Waals surface area (Å²) in [5.74, 6) is 0. The Morgan fingerprint density at radius 1 is 1.50 bits per heavy atom. The molecule has 0 saturated carbocycles. The molecule has 0 aliphatic heterocycles. The molecule has 0 radical (unpaired) electrons. The molecule has 0 spiro atoms. The van der Waals surface area contributed by atoms with Crippen LogP contribution >= 0.6 is 15.9 Å². The van der Waals surface area contributed by atoms with E-state index in [0.29, 0.717) is 5.69 Å². The fourth-order valence-corrected chi connectivity index (χ4v) is 1.03. The van der Waals surface area contributed by atoms with Gasteiger partial charge in [-0.05, 0) is 34.5 Å². The molecule has 0 bridgehead atoms. The third-order valence-corrected chi connectivity index (χ3v) is 1.88. The van der Waals surface area contributed by atoms with Gasteiger partial charge in [0.1, 0.15) is 4.47 Å². The highest BCUT2D eigenvalue weighted by molar-refractivity contribution is 9.10. The van der Waals surface area contributed by atoms with Gasteiger partial charge in [0.2, 0.25) is 5.39 Å². The first kappa shape index (κ1) is 7.23. The van der Waals surface area contributed by atoms with Crippen LogP contribution < -0.4 is 0 Å². The number of rotatable bonds is 0.